The van der Waals surface area contributed by atoms with Crippen LogP contribution in [0.5, 0.6) is 0 Å². The first-order valence-electron chi connectivity index (χ1n) is 7.65. The number of carbonyl (C=O) groups is 1. The van der Waals surface area contributed by atoms with Crippen LogP contribution in [0.15, 0.2) is 48.1 Å². The molecular formula is C17H15N5OS. The van der Waals surface area contributed by atoms with Crippen molar-refractivity contribution in [2.24, 2.45) is 0 Å². The van der Waals surface area contributed by atoms with Gasteiger partial charge in [-0.1, -0.05) is 35.6 Å². The fourth-order valence-corrected chi connectivity index (χ4v) is 3.24. The molecule has 3 heterocycles. The number of anilines is 2. The molecule has 0 unspecified atom stereocenters. The van der Waals surface area contributed by atoms with Crippen LogP contribution in [0.25, 0.3) is 0 Å². The van der Waals surface area contributed by atoms with E-state index in [1.54, 1.807) is 17.8 Å². The van der Waals surface area contributed by atoms with Crippen LogP contribution in [-0.4, -0.2) is 27.6 Å². The van der Waals surface area contributed by atoms with Crippen LogP contribution in [0, 0.1) is 0 Å². The van der Waals surface area contributed by atoms with Crippen molar-refractivity contribution >= 4 is 28.2 Å². The Kier molecular flexibility index (Phi) is 3.92. The lowest BCUT2D eigenvalue weighted by molar-refractivity contribution is 0.102. The molecule has 1 amide bonds. The Bertz CT molecular complexity index is 848. The summed E-state index contributed by atoms with van der Waals surface area (Å²) in [5.74, 6) is 0.659. The third-order valence-electron chi connectivity index (χ3n) is 4.05. The Hall–Kier alpha value is -2.80. The molecule has 0 saturated carbocycles. The van der Waals surface area contributed by atoms with E-state index in [0.717, 1.165) is 25.3 Å². The summed E-state index contributed by atoms with van der Waals surface area (Å²) in [5.41, 5.74) is 4.82. The van der Waals surface area contributed by atoms with E-state index in [0.29, 0.717) is 10.7 Å². The Labute approximate surface area is 143 Å². The highest BCUT2D eigenvalue weighted by Crippen LogP contribution is 2.23. The predicted octanol–water partition coefficient (Wildman–Crippen LogP) is 2.75. The van der Waals surface area contributed by atoms with Crippen LogP contribution in [0.3, 0.4) is 0 Å². The maximum atomic E-state index is 12.1. The first kappa shape index (κ1) is 14.8. The predicted molar refractivity (Wildman–Crippen MR) is 93.3 cm³/mol. The summed E-state index contributed by atoms with van der Waals surface area (Å²) in [5, 5.41) is 10.7. The van der Waals surface area contributed by atoms with Gasteiger partial charge in [-0.25, -0.2) is 4.98 Å². The number of nitrogens with one attached hydrogen (secondary N) is 1. The van der Waals surface area contributed by atoms with Crippen molar-refractivity contribution in [1.82, 2.24) is 15.2 Å². The maximum Gasteiger partial charge on any atom is 0.259 e. The van der Waals surface area contributed by atoms with Crippen molar-refractivity contribution in [3.8, 4) is 0 Å². The summed E-state index contributed by atoms with van der Waals surface area (Å²) < 4.78 is 0. The summed E-state index contributed by atoms with van der Waals surface area (Å²) in [7, 11) is 0. The van der Waals surface area contributed by atoms with Gasteiger partial charge >= 0.3 is 0 Å². The first-order chi connectivity index (χ1) is 11.8. The van der Waals surface area contributed by atoms with Crippen molar-refractivity contribution < 1.29 is 4.79 Å². The first-order valence-corrected chi connectivity index (χ1v) is 8.53. The summed E-state index contributed by atoms with van der Waals surface area (Å²) in [6, 6.07) is 12.2. The molecule has 7 heteroatoms. The number of hydrogen-bond acceptors (Lipinski definition) is 6. The molecule has 2 aromatic heterocycles. The Balaban J connectivity index is 1.47. The van der Waals surface area contributed by atoms with Crippen molar-refractivity contribution in [1.29, 1.82) is 0 Å². The minimum absolute atomic E-state index is 0.227. The molecule has 3 aromatic rings. The SMILES string of the molecule is O=C(Nc1nncs1)c1ccc(N2CCc3ccccc3C2)nc1. The zero-order valence-electron chi connectivity index (χ0n) is 12.8. The number of benzene rings is 1. The van der Waals surface area contributed by atoms with E-state index in [1.807, 2.05) is 6.07 Å². The molecule has 4 rings (SSSR count). The third-order valence-corrected chi connectivity index (χ3v) is 4.65. The molecule has 1 aromatic carbocycles. The number of hydrogen-bond donors (Lipinski definition) is 1. The number of rotatable bonds is 3. The highest BCUT2D eigenvalue weighted by Gasteiger charge is 2.17. The summed E-state index contributed by atoms with van der Waals surface area (Å²) in [4.78, 5) is 18.8. The van der Waals surface area contributed by atoms with Gasteiger partial charge in [-0.05, 0) is 29.7 Å². The molecule has 0 aliphatic carbocycles. The topological polar surface area (TPSA) is 71.0 Å². The molecular weight excluding hydrogens is 322 g/mol. The number of aromatic nitrogens is 3. The van der Waals surface area contributed by atoms with E-state index < -0.39 is 0 Å². The summed E-state index contributed by atoms with van der Waals surface area (Å²) in [6.45, 7) is 1.78. The molecule has 1 aliphatic rings. The molecule has 0 saturated heterocycles. The normalized spacial score (nSPS) is 13.4. The Morgan fingerprint density at radius 2 is 2.04 bits per heavy atom. The fourth-order valence-electron chi connectivity index (χ4n) is 2.80. The number of pyridine rings is 1. The number of amides is 1. The maximum absolute atomic E-state index is 12.1. The van der Waals surface area contributed by atoms with Gasteiger partial charge in [0.25, 0.3) is 5.91 Å². The second-order valence-electron chi connectivity index (χ2n) is 5.54. The molecule has 120 valence electrons. The van der Waals surface area contributed by atoms with E-state index in [9.17, 15) is 4.79 Å². The van der Waals surface area contributed by atoms with Gasteiger partial charge in [0, 0.05) is 19.3 Å². The number of fused-ring (bicyclic) bond motifs is 1. The average Bonchev–Trinajstić information content (AvgIpc) is 3.14. The number of nitrogens with zero attached hydrogens (tertiary/aromatic N) is 4. The fraction of sp³-hybridized carbons (Fsp3) is 0.176. The molecule has 24 heavy (non-hydrogen) atoms. The zero-order valence-corrected chi connectivity index (χ0v) is 13.7. The van der Waals surface area contributed by atoms with E-state index in [2.05, 4.69) is 49.7 Å². The second-order valence-corrected chi connectivity index (χ2v) is 6.38. The lowest BCUT2D eigenvalue weighted by atomic mass is 10.00. The summed E-state index contributed by atoms with van der Waals surface area (Å²) >= 11 is 1.28. The Morgan fingerprint density at radius 3 is 2.79 bits per heavy atom. The molecule has 0 bridgehead atoms. The minimum atomic E-state index is -0.227. The van der Waals surface area contributed by atoms with Crippen LogP contribution in [0.4, 0.5) is 10.9 Å². The van der Waals surface area contributed by atoms with Crippen molar-refractivity contribution in [2.45, 2.75) is 13.0 Å². The molecule has 6 nitrogen and oxygen atoms in total. The van der Waals surface area contributed by atoms with E-state index in [1.165, 1.54) is 22.5 Å². The van der Waals surface area contributed by atoms with Crippen LogP contribution in [-0.2, 0) is 13.0 Å². The lowest BCUT2D eigenvalue weighted by Crippen LogP contribution is -2.31. The molecule has 0 radical (unpaired) electrons. The van der Waals surface area contributed by atoms with Crippen LogP contribution >= 0.6 is 11.3 Å². The van der Waals surface area contributed by atoms with E-state index in [4.69, 9.17) is 0 Å². The molecule has 0 fully saturated rings. The van der Waals surface area contributed by atoms with Gasteiger partial charge in [0.05, 0.1) is 5.56 Å². The highest BCUT2D eigenvalue weighted by molar-refractivity contribution is 7.13. The van der Waals surface area contributed by atoms with Gasteiger partial charge in [-0.3, -0.25) is 10.1 Å². The van der Waals surface area contributed by atoms with Crippen molar-refractivity contribution in [3.63, 3.8) is 0 Å². The molecule has 0 atom stereocenters. The van der Waals surface area contributed by atoms with E-state index >= 15 is 0 Å². The van der Waals surface area contributed by atoms with Gasteiger partial charge in [-0.15, -0.1) is 10.2 Å². The molecule has 1 aliphatic heterocycles. The van der Waals surface area contributed by atoms with Crippen LogP contribution < -0.4 is 10.2 Å². The largest absolute Gasteiger partial charge is 0.352 e. The van der Waals surface area contributed by atoms with Gasteiger partial charge in [0.15, 0.2) is 0 Å². The molecule has 0 spiro atoms. The number of carbonyl (C=O) groups excluding carboxylic acids is 1. The van der Waals surface area contributed by atoms with Crippen molar-refractivity contribution in [3.05, 3.63) is 64.8 Å². The average molecular weight is 337 g/mol. The minimum Gasteiger partial charge on any atom is -0.352 e. The lowest BCUT2D eigenvalue weighted by Gasteiger charge is -2.29. The second kappa shape index (κ2) is 6.37. The standard InChI is InChI=1S/C17H15N5OS/c23-16(20-17-21-19-11-24-17)13-5-6-15(18-9-13)22-8-7-12-3-1-2-4-14(12)10-22/h1-6,9,11H,7-8,10H2,(H,20,21,23). The molecule has 1 N–H and O–H groups in total. The smallest absolute Gasteiger partial charge is 0.259 e. The van der Waals surface area contributed by atoms with Gasteiger partial charge < -0.3 is 4.90 Å². The Morgan fingerprint density at radius 1 is 1.17 bits per heavy atom. The highest BCUT2D eigenvalue weighted by atomic mass is 32.1. The monoisotopic (exact) mass is 337 g/mol. The van der Waals surface area contributed by atoms with Crippen LogP contribution in [0.1, 0.15) is 21.5 Å². The van der Waals surface area contributed by atoms with Gasteiger partial charge in [0.1, 0.15) is 11.3 Å². The third kappa shape index (κ3) is 2.98. The van der Waals surface area contributed by atoms with Gasteiger partial charge in [0.2, 0.25) is 5.13 Å². The summed E-state index contributed by atoms with van der Waals surface area (Å²) in [6.07, 6.45) is 2.61. The quantitative estimate of drug-likeness (QED) is 0.796. The van der Waals surface area contributed by atoms with Crippen LogP contribution in [0.2, 0.25) is 0 Å². The van der Waals surface area contributed by atoms with E-state index in [-0.39, 0.29) is 5.91 Å². The zero-order chi connectivity index (χ0) is 16.4. The van der Waals surface area contributed by atoms with Crippen molar-refractivity contribution in [2.75, 3.05) is 16.8 Å². The van der Waals surface area contributed by atoms with Gasteiger partial charge in [-0.2, -0.15) is 0 Å².